The van der Waals surface area contributed by atoms with Crippen molar-refractivity contribution < 1.29 is 4.74 Å². The lowest BCUT2D eigenvalue weighted by atomic mass is 10.3. The van der Waals surface area contributed by atoms with Crippen LogP contribution in [0.4, 0.5) is 5.95 Å². The van der Waals surface area contributed by atoms with E-state index >= 15 is 0 Å². The van der Waals surface area contributed by atoms with Crippen LogP contribution in [0.2, 0.25) is 0 Å². The highest BCUT2D eigenvalue weighted by atomic mass is 16.5. The van der Waals surface area contributed by atoms with Crippen LogP contribution in [0.25, 0.3) is 11.2 Å². The summed E-state index contributed by atoms with van der Waals surface area (Å²) in [7, 11) is 1.58. The van der Waals surface area contributed by atoms with Crippen molar-refractivity contribution in [3.8, 4) is 5.75 Å². The maximum Gasteiger partial charge on any atom is 0.329 e. The van der Waals surface area contributed by atoms with Crippen LogP contribution in [0.5, 0.6) is 5.75 Å². The first-order valence-corrected chi connectivity index (χ1v) is 8.93. The van der Waals surface area contributed by atoms with Crippen molar-refractivity contribution in [2.75, 3.05) is 25.0 Å². The summed E-state index contributed by atoms with van der Waals surface area (Å²) < 4.78 is 8.84. The third-order valence-electron chi connectivity index (χ3n) is 4.21. The number of nitrogens with one attached hydrogen (secondary N) is 2. The summed E-state index contributed by atoms with van der Waals surface area (Å²) >= 11 is 0. The molecule has 9 heteroatoms. The Morgan fingerprint density at radius 3 is 2.74 bits per heavy atom. The lowest BCUT2D eigenvalue weighted by molar-refractivity contribution is 0.303. The molecule has 0 fully saturated rings. The fourth-order valence-electron chi connectivity index (χ4n) is 2.82. The molecule has 0 saturated heterocycles. The molecule has 0 amide bonds. The van der Waals surface area contributed by atoms with Crippen molar-refractivity contribution in [3.05, 3.63) is 51.2 Å². The summed E-state index contributed by atoms with van der Waals surface area (Å²) in [5.41, 5.74) is 5.33. The number of ether oxygens (including phenoxy) is 1. The number of hydrogen-bond donors (Lipinski definition) is 3. The smallest absolute Gasteiger partial charge is 0.329 e. The molecular weight excluding hydrogens is 348 g/mol. The fourth-order valence-corrected chi connectivity index (χ4v) is 2.82. The van der Waals surface area contributed by atoms with Gasteiger partial charge in [0.1, 0.15) is 5.75 Å². The number of H-pyrrole nitrogens is 1. The van der Waals surface area contributed by atoms with Crippen molar-refractivity contribution in [3.63, 3.8) is 0 Å². The van der Waals surface area contributed by atoms with Gasteiger partial charge in [0.15, 0.2) is 11.2 Å². The standard InChI is InChI=1S/C18H24N6O3/c1-23-15-14(16(25)22-18(23)26)24(17(21-15)20-10-5-9-19)11-6-12-27-13-7-3-2-4-8-13/h2-4,7-8H,5-6,9-12,19H2,1H3,(H,20,21)(H,22,25,26). The number of aromatic nitrogens is 4. The Labute approximate surface area is 155 Å². The number of imidazole rings is 1. The van der Waals surface area contributed by atoms with Crippen molar-refractivity contribution in [1.29, 1.82) is 0 Å². The van der Waals surface area contributed by atoms with Gasteiger partial charge in [-0.1, -0.05) is 18.2 Å². The van der Waals surface area contributed by atoms with E-state index in [0.717, 1.165) is 12.2 Å². The highest BCUT2D eigenvalue weighted by Gasteiger charge is 2.16. The van der Waals surface area contributed by atoms with E-state index in [1.807, 2.05) is 30.3 Å². The molecule has 2 aromatic heterocycles. The zero-order valence-electron chi connectivity index (χ0n) is 15.3. The van der Waals surface area contributed by atoms with Gasteiger partial charge in [0.2, 0.25) is 5.95 Å². The van der Waals surface area contributed by atoms with Gasteiger partial charge in [-0.15, -0.1) is 0 Å². The lowest BCUT2D eigenvalue weighted by Gasteiger charge is -2.11. The molecule has 0 radical (unpaired) electrons. The maximum atomic E-state index is 12.4. The summed E-state index contributed by atoms with van der Waals surface area (Å²) in [6.07, 6.45) is 1.45. The van der Waals surface area contributed by atoms with Crippen LogP contribution in [-0.4, -0.2) is 38.8 Å². The highest BCUT2D eigenvalue weighted by molar-refractivity contribution is 5.74. The topological polar surface area (TPSA) is 120 Å². The molecule has 0 atom stereocenters. The SMILES string of the molecule is Cn1c(=O)[nH]c(=O)c2c1nc(NCCCN)n2CCCOc1ccccc1. The summed E-state index contributed by atoms with van der Waals surface area (Å²) in [6.45, 7) is 2.20. The average Bonchev–Trinajstić information content (AvgIpc) is 3.04. The molecule has 0 aliphatic heterocycles. The zero-order valence-corrected chi connectivity index (χ0v) is 15.3. The minimum Gasteiger partial charge on any atom is -0.494 e. The average molecular weight is 372 g/mol. The Hall–Kier alpha value is -3.07. The van der Waals surface area contributed by atoms with Crippen LogP contribution in [-0.2, 0) is 13.6 Å². The maximum absolute atomic E-state index is 12.4. The number of aromatic amines is 1. The van der Waals surface area contributed by atoms with E-state index in [2.05, 4.69) is 15.3 Å². The van der Waals surface area contributed by atoms with E-state index in [9.17, 15) is 9.59 Å². The number of nitrogens with two attached hydrogens (primary N) is 1. The van der Waals surface area contributed by atoms with E-state index in [4.69, 9.17) is 10.5 Å². The van der Waals surface area contributed by atoms with Crippen LogP contribution >= 0.6 is 0 Å². The molecule has 0 saturated carbocycles. The Morgan fingerprint density at radius 2 is 2.00 bits per heavy atom. The van der Waals surface area contributed by atoms with Crippen molar-refractivity contribution in [2.45, 2.75) is 19.4 Å². The van der Waals surface area contributed by atoms with E-state index in [1.165, 1.54) is 4.57 Å². The normalized spacial score (nSPS) is 11.0. The van der Waals surface area contributed by atoms with Gasteiger partial charge >= 0.3 is 5.69 Å². The number of benzene rings is 1. The second-order valence-corrected chi connectivity index (χ2v) is 6.16. The molecule has 2 heterocycles. The highest BCUT2D eigenvalue weighted by Crippen LogP contribution is 2.16. The quantitative estimate of drug-likeness (QED) is 0.475. The largest absolute Gasteiger partial charge is 0.494 e. The molecule has 9 nitrogen and oxygen atoms in total. The van der Waals surface area contributed by atoms with Gasteiger partial charge in [0.25, 0.3) is 5.56 Å². The summed E-state index contributed by atoms with van der Waals surface area (Å²) in [6, 6.07) is 9.55. The van der Waals surface area contributed by atoms with Gasteiger partial charge in [-0.25, -0.2) is 4.79 Å². The molecule has 4 N–H and O–H groups in total. The van der Waals surface area contributed by atoms with Gasteiger partial charge in [-0.3, -0.25) is 14.3 Å². The van der Waals surface area contributed by atoms with Crippen molar-refractivity contribution >= 4 is 17.1 Å². The second kappa shape index (κ2) is 8.54. The van der Waals surface area contributed by atoms with E-state index < -0.39 is 11.2 Å². The van der Waals surface area contributed by atoms with Crippen LogP contribution in [0, 0.1) is 0 Å². The number of aryl methyl sites for hydroxylation is 2. The monoisotopic (exact) mass is 372 g/mol. The number of rotatable bonds is 9. The Balaban J connectivity index is 1.82. The lowest BCUT2D eigenvalue weighted by Crippen LogP contribution is -2.29. The summed E-state index contributed by atoms with van der Waals surface area (Å²) in [5.74, 6) is 1.35. The molecule has 3 aromatic rings. The fraction of sp³-hybridized carbons (Fsp3) is 0.389. The molecule has 3 rings (SSSR count). The van der Waals surface area contributed by atoms with Crippen molar-refractivity contribution in [2.24, 2.45) is 12.8 Å². The van der Waals surface area contributed by atoms with Crippen LogP contribution in [0.15, 0.2) is 39.9 Å². The molecular formula is C18H24N6O3. The molecule has 144 valence electrons. The van der Waals surface area contributed by atoms with Gasteiger partial charge in [-0.05, 0) is 31.5 Å². The number of hydrogen-bond acceptors (Lipinski definition) is 6. The van der Waals surface area contributed by atoms with E-state index in [0.29, 0.717) is 49.8 Å². The van der Waals surface area contributed by atoms with Gasteiger partial charge < -0.3 is 20.4 Å². The first-order chi connectivity index (χ1) is 13.1. The molecule has 0 bridgehead atoms. The van der Waals surface area contributed by atoms with E-state index in [-0.39, 0.29) is 0 Å². The molecule has 27 heavy (non-hydrogen) atoms. The summed E-state index contributed by atoms with van der Waals surface area (Å²) in [4.78, 5) is 31.0. The number of anilines is 1. The molecule has 0 aliphatic rings. The third kappa shape index (κ3) is 4.20. The van der Waals surface area contributed by atoms with Gasteiger partial charge in [0, 0.05) is 20.1 Å². The predicted molar refractivity (Wildman–Crippen MR) is 104 cm³/mol. The first-order valence-electron chi connectivity index (χ1n) is 8.93. The zero-order chi connectivity index (χ0) is 19.2. The summed E-state index contributed by atoms with van der Waals surface area (Å²) in [5, 5.41) is 3.20. The molecule has 0 unspecified atom stereocenters. The Morgan fingerprint density at radius 1 is 1.22 bits per heavy atom. The minimum atomic E-state index is -0.488. The van der Waals surface area contributed by atoms with Crippen molar-refractivity contribution in [1.82, 2.24) is 19.1 Å². The molecule has 0 aliphatic carbocycles. The number of fused-ring (bicyclic) bond motifs is 1. The van der Waals surface area contributed by atoms with Crippen LogP contribution in [0.1, 0.15) is 12.8 Å². The van der Waals surface area contributed by atoms with Gasteiger partial charge in [-0.2, -0.15) is 4.98 Å². The minimum absolute atomic E-state index is 0.350. The second-order valence-electron chi connectivity index (χ2n) is 6.16. The first kappa shape index (κ1) is 18.7. The van der Waals surface area contributed by atoms with Gasteiger partial charge in [0.05, 0.1) is 6.61 Å². The molecule has 0 spiro atoms. The predicted octanol–water partition coefficient (Wildman–Crippen LogP) is 0.653. The number of nitrogens with zero attached hydrogens (tertiary/aromatic N) is 3. The van der Waals surface area contributed by atoms with Crippen LogP contribution < -0.4 is 27.0 Å². The van der Waals surface area contributed by atoms with E-state index in [1.54, 1.807) is 11.6 Å². The Bertz CT molecular complexity index is 1010. The number of para-hydroxylation sites is 1. The van der Waals surface area contributed by atoms with Crippen LogP contribution in [0.3, 0.4) is 0 Å². The third-order valence-corrected chi connectivity index (χ3v) is 4.21. The Kier molecular flexibility index (Phi) is 5.92. The molecule has 1 aromatic carbocycles.